The third kappa shape index (κ3) is 4.96. The second-order valence-electron chi connectivity index (χ2n) is 2.83. The van der Waals surface area contributed by atoms with Crippen molar-refractivity contribution in [1.82, 2.24) is 5.32 Å². The predicted molar refractivity (Wildman–Crippen MR) is 72.0 cm³/mol. The van der Waals surface area contributed by atoms with Gasteiger partial charge in [0.05, 0.1) is 0 Å². The Bertz CT molecular complexity index is 306. The summed E-state index contributed by atoms with van der Waals surface area (Å²) in [5, 5.41) is 2.61. The first kappa shape index (κ1) is 17.1. The molecule has 0 saturated heterocycles. The molecule has 2 nitrogen and oxygen atoms in total. The molecule has 92 valence electrons. The van der Waals surface area contributed by atoms with Gasteiger partial charge < -0.3 is 5.32 Å². The van der Waals surface area contributed by atoms with Crippen molar-refractivity contribution < 1.29 is 4.79 Å². The second-order valence-corrected chi connectivity index (χ2v) is 2.83. The van der Waals surface area contributed by atoms with Gasteiger partial charge in [-0.15, -0.1) is 0 Å². The average Bonchev–Trinajstić information content (AvgIpc) is 2.37. The van der Waals surface area contributed by atoms with Gasteiger partial charge in [-0.05, 0) is 31.0 Å². The van der Waals surface area contributed by atoms with Crippen molar-refractivity contribution in [3.05, 3.63) is 34.9 Å². The summed E-state index contributed by atoms with van der Waals surface area (Å²) < 4.78 is 0. The maximum absolute atomic E-state index is 11.3. The summed E-state index contributed by atoms with van der Waals surface area (Å²) in [6.07, 6.45) is 0. The predicted octanol–water partition coefficient (Wildman–Crippen LogP) is 3.72. The number of nitrogens with one attached hydrogen (secondary N) is 1. The molecule has 0 saturated carbocycles. The fraction of sp³-hybridized carbons (Fsp3) is 0.500. The molecule has 1 N–H and O–H groups in total. The molecule has 0 bridgehead atoms. The first-order valence-corrected chi connectivity index (χ1v) is 5.95. The average molecular weight is 223 g/mol. The zero-order valence-corrected chi connectivity index (χ0v) is 11.6. The van der Waals surface area contributed by atoms with Gasteiger partial charge in [-0.25, -0.2) is 0 Å². The van der Waals surface area contributed by atoms with Gasteiger partial charge in [0.2, 0.25) is 0 Å². The highest BCUT2D eigenvalue weighted by Crippen LogP contribution is 2.11. The summed E-state index contributed by atoms with van der Waals surface area (Å²) in [5.41, 5.74) is 2.96. The fourth-order valence-corrected chi connectivity index (χ4v) is 1.13. The number of rotatable bonds is 1. The lowest BCUT2D eigenvalue weighted by Gasteiger charge is -2.05. The van der Waals surface area contributed by atoms with Crippen LogP contribution in [0.2, 0.25) is 0 Å². The summed E-state index contributed by atoms with van der Waals surface area (Å²) in [5.74, 6) is -0.0174. The van der Waals surface area contributed by atoms with Gasteiger partial charge in [0.15, 0.2) is 0 Å². The Morgan fingerprint density at radius 2 is 1.56 bits per heavy atom. The van der Waals surface area contributed by atoms with Crippen molar-refractivity contribution in [1.29, 1.82) is 0 Å². The van der Waals surface area contributed by atoms with Gasteiger partial charge in [0.25, 0.3) is 5.91 Å². The van der Waals surface area contributed by atoms with E-state index in [-0.39, 0.29) is 5.91 Å². The number of hydrogen-bond acceptors (Lipinski definition) is 1. The summed E-state index contributed by atoms with van der Waals surface area (Å²) in [7, 11) is 1.64. The Kier molecular flexibility index (Phi) is 10.9. The van der Waals surface area contributed by atoms with E-state index in [0.717, 1.165) is 16.7 Å². The maximum Gasteiger partial charge on any atom is 0.251 e. The molecule has 1 aromatic rings. The number of amides is 1. The Morgan fingerprint density at radius 1 is 1.06 bits per heavy atom. The first-order chi connectivity index (χ1) is 7.66. The molecule has 0 heterocycles. The van der Waals surface area contributed by atoms with E-state index in [1.807, 2.05) is 59.7 Å². The summed E-state index contributed by atoms with van der Waals surface area (Å²) in [6, 6.07) is 5.73. The van der Waals surface area contributed by atoms with Crippen LogP contribution < -0.4 is 5.32 Å². The lowest BCUT2D eigenvalue weighted by Crippen LogP contribution is -2.19. The van der Waals surface area contributed by atoms with Crippen LogP contribution in [0.3, 0.4) is 0 Å². The topological polar surface area (TPSA) is 29.1 Å². The van der Waals surface area contributed by atoms with E-state index in [9.17, 15) is 4.79 Å². The van der Waals surface area contributed by atoms with Crippen LogP contribution in [0.5, 0.6) is 0 Å². The van der Waals surface area contributed by atoms with Crippen molar-refractivity contribution in [3.63, 3.8) is 0 Å². The Labute approximate surface area is 100 Å². The van der Waals surface area contributed by atoms with Crippen molar-refractivity contribution in [3.8, 4) is 0 Å². The van der Waals surface area contributed by atoms with E-state index in [4.69, 9.17) is 0 Å². The molecule has 0 unspecified atom stereocenters. The first-order valence-electron chi connectivity index (χ1n) is 5.95. The summed E-state index contributed by atoms with van der Waals surface area (Å²) in [4.78, 5) is 11.3. The van der Waals surface area contributed by atoms with Crippen LogP contribution in [0, 0.1) is 13.8 Å². The molecule has 16 heavy (non-hydrogen) atoms. The molecule has 0 fully saturated rings. The molecule has 0 spiro atoms. The van der Waals surface area contributed by atoms with E-state index in [1.165, 1.54) is 0 Å². The number of aryl methyl sites for hydroxylation is 1. The standard InChI is InChI=1S/C10H13NO.2C2H6/c1-7-5-4-6-9(8(7)2)10(12)11-3;2*1-2/h4-6H,1-3H3,(H,11,12);2*1-2H3. The maximum atomic E-state index is 11.3. The Morgan fingerprint density at radius 3 is 2.00 bits per heavy atom. The fourth-order valence-electron chi connectivity index (χ4n) is 1.13. The van der Waals surface area contributed by atoms with Crippen molar-refractivity contribution in [2.45, 2.75) is 41.5 Å². The quantitative estimate of drug-likeness (QED) is 0.772. The molecular weight excluding hydrogens is 198 g/mol. The van der Waals surface area contributed by atoms with Crippen molar-refractivity contribution >= 4 is 5.91 Å². The monoisotopic (exact) mass is 223 g/mol. The molecule has 2 heteroatoms. The summed E-state index contributed by atoms with van der Waals surface area (Å²) >= 11 is 0. The van der Waals surface area contributed by atoms with Crippen LogP contribution in [0.4, 0.5) is 0 Å². The summed E-state index contributed by atoms with van der Waals surface area (Å²) in [6.45, 7) is 12.0. The van der Waals surface area contributed by atoms with E-state index < -0.39 is 0 Å². The number of hydrogen-bond donors (Lipinski definition) is 1. The van der Waals surface area contributed by atoms with Crippen molar-refractivity contribution in [2.24, 2.45) is 0 Å². The minimum absolute atomic E-state index is 0.0174. The molecule has 0 aromatic heterocycles. The van der Waals surface area contributed by atoms with Gasteiger partial charge in [-0.3, -0.25) is 4.79 Å². The Balaban J connectivity index is 0. The van der Waals surface area contributed by atoms with Gasteiger partial charge >= 0.3 is 0 Å². The van der Waals surface area contributed by atoms with E-state index >= 15 is 0 Å². The van der Waals surface area contributed by atoms with Crippen LogP contribution in [0.15, 0.2) is 18.2 Å². The number of carbonyl (C=O) groups is 1. The van der Waals surface area contributed by atoms with E-state index in [1.54, 1.807) is 7.05 Å². The molecule has 0 aliphatic rings. The smallest absolute Gasteiger partial charge is 0.251 e. The van der Waals surface area contributed by atoms with Crippen LogP contribution in [-0.2, 0) is 0 Å². The molecular formula is C14H25NO. The van der Waals surface area contributed by atoms with E-state index in [0.29, 0.717) is 0 Å². The highest BCUT2D eigenvalue weighted by atomic mass is 16.1. The normalized spacial score (nSPS) is 7.94. The molecule has 0 aliphatic heterocycles. The zero-order chi connectivity index (χ0) is 13.1. The van der Waals surface area contributed by atoms with Crippen LogP contribution >= 0.6 is 0 Å². The minimum Gasteiger partial charge on any atom is -0.355 e. The molecule has 1 amide bonds. The molecule has 0 atom stereocenters. The van der Waals surface area contributed by atoms with Crippen LogP contribution in [-0.4, -0.2) is 13.0 Å². The van der Waals surface area contributed by atoms with Crippen molar-refractivity contribution in [2.75, 3.05) is 7.05 Å². The zero-order valence-electron chi connectivity index (χ0n) is 11.6. The lowest BCUT2D eigenvalue weighted by atomic mass is 10.0. The largest absolute Gasteiger partial charge is 0.355 e. The molecule has 1 rings (SSSR count). The molecule has 0 aliphatic carbocycles. The van der Waals surface area contributed by atoms with Crippen LogP contribution in [0.25, 0.3) is 0 Å². The van der Waals surface area contributed by atoms with Gasteiger partial charge in [-0.2, -0.15) is 0 Å². The highest BCUT2D eigenvalue weighted by Gasteiger charge is 2.06. The highest BCUT2D eigenvalue weighted by molar-refractivity contribution is 5.95. The third-order valence-corrected chi connectivity index (χ3v) is 2.08. The van der Waals surface area contributed by atoms with Crippen LogP contribution in [0.1, 0.15) is 49.2 Å². The molecule has 1 aromatic carbocycles. The molecule has 0 radical (unpaired) electrons. The van der Waals surface area contributed by atoms with Gasteiger partial charge in [0.1, 0.15) is 0 Å². The Hall–Kier alpha value is -1.31. The van der Waals surface area contributed by atoms with E-state index in [2.05, 4.69) is 5.32 Å². The third-order valence-electron chi connectivity index (χ3n) is 2.08. The minimum atomic E-state index is -0.0174. The number of carbonyl (C=O) groups excluding carboxylic acids is 1. The van der Waals surface area contributed by atoms with Gasteiger partial charge in [-0.1, -0.05) is 39.8 Å². The lowest BCUT2D eigenvalue weighted by molar-refractivity contribution is 0.0962. The number of benzene rings is 1. The SMILES string of the molecule is CC.CC.CNC(=O)c1cccc(C)c1C. The second kappa shape index (κ2) is 10.2. The van der Waals surface area contributed by atoms with Gasteiger partial charge in [0, 0.05) is 12.6 Å².